The van der Waals surface area contributed by atoms with Gasteiger partial charge in [-0.3, -0.25) is 9.69 Å². The van der Waals surface area contributed by atoms with Crippen LogP contribution < -0.4 is 9.47 Å². The van der Waals surface area contributed by atoms with Crippen LogP contribution in [0.3, 0.4) is 0 Å². The number of aryl methyl sites for hydroxylation is 1. The predicted octanol–water partition coefficient (Wildman–Crippen LogP) is 2.14. The second-order valence-corrected chi connectivity index (χ2v) is 8.78. The van der Waals surface area contributed by atoms with E-state index in [1.54, 1.807) is 4.68 Å². The Kier molecular flexibility index (Phi) is 5.95. The number of amides is 1. The molecule has 3 heterocycles. The van der Waals surface area contributed by atoms with Gasteiger partial charge < -0.3 is 14.4 Å². The monoisotopic (exact) mass is 452 g/mol. The van der Waals surface area contributed by atoms with Crippen LogP contribution in [0.15, 0.2) is 47.6 Å². The molecule has 0 aliphatic carbocycles. The molecule has 0 unspecified atom stereocenters. The third-order valence-electron chi connectivity index (χ3n) is 5.61. The van der Waals surface area contributed by atoms with Gasteiger partial charge in [0.15, 0.2) is 11.5 Å². The summed E-state index contributed by atoms with van der Waals surface area (Å²) < 4.78 is 12.5. The first-order valence-electron chi connectivity index (χ1n) is 10.5. The molecule has 0 bridgehead atoms. The second kappa shape index (κ2) is 9.17. The Hall–Kier alpha value is -3.11. The summed E-state index contributed by atoms with van der Waals surface area (Å²) >= 11 is 1.37. The second-order valence-electron chi connectivity index (χ2n) is 7.84. The van der Waals surface area contributed by atoms with Crippen LogP contribution in [0.2, 0.25) is 0 Å². The highest BCUT2D eigenvalue weighted by molar-refractivity contribution is 7.99. The average molecular weight is 453 g/mol. The fourth-order valence-electron chi connectivity index (χ4n) is 3.79. The molecule has 0 atom stereocenters. The molecular formula is C22H24N6O3S. The van der Waals surface area contributed by atoms with Crippen molar-refractivity contribution >= 4 is 17.7 Å². The lowest BCUT2D eigenvalue weighted by Gasteiger charge is -2.34. The van der Waals surface area contributed by atoms with Gasteiger partial charge in [-0.15, -0.1) is 5.10 Å². The number of hydrogen-bond donors (Lipinski definition) is 0. The van der Waals surface area contributed by atoms with Gasteiger partial charge in [0, 0.05) is 32.7 Å². The fourth-order valence-corrected chi connectivity index (χ4v) is 4.58. The highest BCUT2D eigenvalue weighted by Gasteiger charge is 2.23. The zero-order valence-corrected chi connectivity index (χ0v) is 18.6. The summed E-state index contributed by atoms with van der Waals surface area (Å²) in [5.41, 5.74) is 3.24. The number of fused-ring (bicyclic) bond motifs is 1. The van der Waals surface area contributed by atoms with Gasteiger partial charge in [0.05, 0.1) is 11.4 Å². The summed E-state index contributed by atoms with van der Waals surface area (Å²) in [6.07, 6.45) is 0. The Morgan fingerprint density at radius 1 is 1.03 bits per heavy atom. The van der Waals surface area contributed by atoms with Crippen molar-refractivity contribution in [3.8, 4) is 17.2 Å². The van der Waals surface area contributed by atoms with Crippen molar-refractivity contribution in [1.29, 1.82) is 0 Å². The SMILES string of the molecule is Cc1ccc(-n2nnnc2SCC(=O)N2CCN(Cc3ccc4c(c3)OCO4)CC2)cc1. The van der Waals surface area contributed by atoms with Crippen molar-refractivity contribution in [1.82, 2.24) is 30.0 Å². The maximum absolute atomic E-state index is 12.8. The van der Waals surface area contributed by atoms with Crippen molar-refractivity contribution in [2.24, 2.45) is 0 Å². The molecule has 0 spiro atoms. The molecule has 1 fully saturated rings. The highest BCUT2D eigenvalue weighted by Crippen LogP contribution is 2.32. The van der Waals surface area contributed by atoms with Gasteiger partial charge in [-0.25, -0.2) is 0 Å². The van der Waals surface area contributed by atoms with Crippen LogP contribution >= 0.6 is 11.8 Å². The number of piperazine rings is 1. The molecule has 3 aromatic rings. The van der Waals surface area contributed by atoms with Crippen LogP contribution in [0, 0.1) is 6.92 Å². The van der Waals surface area contributed by atoms with E-state index in [-0.39, 0.29) is 12.7 Å². The molecule has 2 aliphatic heterocycles. The predicted molar refractivity (Wildman–Crippen MR) is 119 cm³/mol. The Labute approximate surface area is 190 Å². The summed E-state index contributed by atoms with van der Waals surface area (Å²) in [5, 5.41) is 12.5. The van der Waals surface area contributed by atoms with Crippen LogP contribution in [0.1, 0.15) is 11.1 Å². The first kappa shape index (κ1) is 20.8. The van der Waals surface area contributed by atoms with E-state index in [2.05, 4.69) is 26.5 Å². The molecule has 1 saturated heterocycles. The molecular weight excluding hydrogens is 428 g/mol. The number of carbonyl (C=O) groups is 1. The molecule has 2 aliphatic rings. The number of aromatic nitrogens is 4. The van der Waals surface area contributed by atoms with Crippen LogP contribution in [-0.2, 0) is 11.3 Å². The van der Waals surface area contributed by atoms with Gasteiger partial charge >= 0.3 is 0 Å². The number of thioether (sulfide) groups is 1. The third kappa shape index (κ3) is 4.56. The molecule has 1 aromatic heterocycles. The third-order valence-corrected chi connectivity index (χ3v) is 6.52. The first-order chi connectivity index (χ1) is 15.7. The van der Waals surface area contributed by atoms with Crippen molar-refractivity contribution in [3.63, 3.8) is 0 Å². The lowest BCUT2D eigenvalue weighted by Crippen LogP contribution is -2.48. The van der Waals surface area contributed by atoms with E-state index in [0.717, 1.165) is 36.8 Å². The van der Waals surface area contributed by atoms with E-state index in [1.165, 1.54) is 22.9 Å². The van der Waals surface area contributed by atoms with Crippen LogP contribution in [0.5, 0.6) is 11.5 Å². The standard InChI is InChI=1S/C22H24N6O3S/c1-16-2-5-18(6-3-16)28-22(23-24-25-28)32-14-21(29)27-10-8-26(9-11-27)13-17-4-7-19-20(12-17)31-15-30-19/h2-7,12H,8-11,13-15H2,1H3. The summed E-state index contributed by atoms with van der Waals surface area (Å²) in [5.74, 6) is 2.03. The molecule has 0 N–H and O–H groups in total. The molecule has 2 aromatic carbocycles. The Bertz CT molecular complexity index is 1100. The zero-order chi connectivity index (χ0) is 21.9. The summed E-state index contributed by atoms with van der Waals surface area (Å²) in [7, 11) is 0. The number of benzene rings is 2. The van der Waals surface area contributed by atoms with Crippen LogP contribution in [-0.4, -0.2) is 74.6 Å². The van der Waals surface area contributed by atoms with Gasteiger partial charge in [-0.1, -0.05) is 35.5 Å². The Morgan fingerprint density at radius 2 is 1.81 bits per heavy atom. The molecule has 166 valence electrons. The van der Waals surface area contributed by atoms with Gasteiger partial charge in [0.25, 0.3) is 0 Å². The minimum Gasteiger partial charge on any atom is -0.454 e. The molecule has 32 heavy (non-hydrogen) atoms. The topological polar surface area (TPSA) is 85.6 Å². The number of nitrogens with zero attached hydrogens (tertiary/aromatic N) is 6. The molecule has 0 radical (unpaired) electrons. The minimum absolute atomic E-state index is 0.108. The number of ether oxygens (including phenoxy) is 2. The van der Waals surface area contributed by atoms with E-state index in [9.17, 15) is 4.79 Å². The normalized spacial score (nSPS) is 15.8. The first-order valence-corrected chi connectivity index (χ1v) is 11.5. The van der Waals surface area contributed by atoms with Crippen molar-refractivity contribution < 1.29 is 14.3 Å². The smallest absolute Gasteiger partial charge is 0.233 e. The van der Waals surface area contributed by atoms with E-state index in [0.29, 0.717) is 24.0 Å². The lowest BCUT2D eigenvalue weighted by molar-refractivity contribution is -0.130. The number of carbonyl (C=O) groups excluding carboxylic acids is 1. The van der Waals surface area contributed by atoms with Gasteiger partial charge in [-0.2, -0.15) is 4.68 Å². The quantitative estimate of drug-likeness (QED) is 0.526. The van der Waals surface area contributed by atoms with E-state index in [1.807, 2.05) is 48.2 Å². The summed E-state index contributed by atoms with van der Waals surface area (Å²) in [4.78, 5) is 17.0. The highest BCUT2D eigenvalue weighted by atomic mass is 32.2. The van der Waals surface area contributed by atoms with Crippen molar-refractivity contribution in [2.75, 3.05) is 38.7 Å². The maximum Gasteiger partial charge on any atom is 0.233 e. The van der Waals surface area contributed by atoms with Gasteiger partial charge in [0.1, 0.15) is 0 Å². The number of tetrazole rings is 1. The largest absolute Gasteiger partial charge is 0.454 e. The van der Waals surface area contributed by atoms with Gasteiger partial charge in [0.2, 0.25) is 17.9 Å². The fraction of sp³-hybridized carbons (Fsp3) is 0.364. The lowest BCUT2D eigenvalue weighted by atomic mass is 10.1. The van der Waals surface area contributed by atoms with Gasteiger partial charge in [-0.05, 0) is 47.2 Å². The van der Waals surface area contributed by atoms with Crippen molar-refractivity contribution in [2.45, 2.75) is 18.6 Å². The number of rotatable bonds is 6. The number of hydrogen-bond acceptors (Lipinski definition) is 8. The summed E-state index contributed by atoms with van der Waals surface area (Å²) in [6, 6.07) is 14.0. The average Bonchev–Trinajstić information content (AvgIpc) is 3.47. The van der Waals surface area contributed by atoms with Crippen LogP contribution in [0.25, 0.3) is 5.69 Å². The Morgan fingerprint density at radius 3 is 2.62 bits per heavy atom. The van der Waals surface area contributed by atoms with E-state index >= 15 is 0 Å². The Balaban J connectivity index is 1.12. The molecule has 0 saturated carbocycles. The molecule has 5 rings (SSSR count). The van der Waals surface area contributed by atoms with E-state index in [4.69, 9.17) is 9.47 Å². The van der Waals surface area contributed by atoms with Crippen LogP contribution in [0.4, 0.5) is 0 Å². The molecule has 1 amide bonds. The minimum atomic E-state index is 0.108. The van der Waals surface area contributed by atoms with E-state index < -0.39 is 0 Å². The molecule has 10 heteroatoms. The molecule has 9 nitrogen and oxygen atoms in total. The van der Waals surface area contributed by atoms with Crippen molar-refractivity contribution in [3.05, 3.63) is 53.6 Å². The summed E-state index contributed by atoms with van der Waals surface area (Å²) in [6.45, 7) is 6.26. The maximum atomic E-state index is 12.8. The zero-order valence-electron chi connectivity index (χ0n) is 17.8.